The molecule has 10 heteroatoms. The lowest BCUT2D eigenvalue weighted by Crippen LogP contribution is -2.48. The molecule has 1 saturated heterocycles. The number of sulfonamides is 1. The van der Waals surface area contributed by atoms with Crippen molar-refractivity contribution >= 4 is 49.9 Å². The van der Waals surface area contributed by atoms with Gasteiger partial charge in [0.05, 0.1) is 10.0 Å². The van der Waals surface area contributed by atoms with Gasteiger partial charge in [-0.2, -0.15) is 8.68 Å². The van der Waals surface area contributed by atoms with Crippen molar-refractivity contribution in [2.75, 3.05) is 31.1 Å². The molecule has 0 atom stereocenters. The average Bonchev–Trinajstić information content (AvgIpc) is 3.07. The maximum Gasteiger partial charge on any atom is 0.244 e. The molecular formula is C15H18Cl2N4O2S2. The van der Waals surface area contributed by atoms with E-state index in [4.69, 9.17) is 23.2 Å². The maximum absolute atomic E-state index is 12.8. The molecule has 1 aliphatic heterocycles. The average molecular weight is 421 g/mol. The minimum absolute atomic E-state index is 0.0492. The molecule has 1 aromatic carbocycles. The van der Waals surface area contributed by atoms with Crippen LogP contribution in [-0.4, -0.2) is 48.3 Å². The Morgan fingerprint density at radius 2 is 1.84 bits per heavy atom. The first-order valence-electron chi connectivity index (χ1n) is 7.83. The van der Waals surface area contributed by atoms with Crippen LogP contribution in [0.5, 0.6) is 0 Å². The molecule has 0 N–H and O–H groups in total. The quantitative estimate of drug-likeness (QED) is 0.756. The Morgan fingerprint density at radius 3 is 2.44 bits per heavy atom. The molecule has 1 fully saturated rings. The van der Waals surface area contributed by atoms with Gasteiger partial charge >= 0.3 is 0 Å². The Hall–Kier alpha value is -0.930. The topological polar surface area (TPSA) is 66.4 Å². The third kappa shape index (κ3) is 3.78. The molecule has 2 heterocycles. The van der Waals surface area contributed by atoms with Crippen LogP contribution in [0.3, 0.4) is 0 Å². The van der Waals surface area contributed by atoms with Crippen LogP contribution >= 0.6 is 34.7 Å². The Kier molecular flexibility index (Phi) is 5.55. The Morgan fingerprint density at radius 1 is 1.16 bits per heavy atom. The van der Waals surface area contributed by atoms with Gasteiger partial charge in [0.25, 0.3) is 0 Å². The van der Waals surface area contributed by atoms with Crippen molar-refractivity contribution in [1.29, 1.82) is 0 Å². The van der Waals surface area contributed by atoms with E-state index in [1.165, 1.54) is 21.9 Å². The Bertz CT molecular complexity index is 862. The maximum atomic E-state index is 12.8. The summed E-state index contributed by atoms with van der Waals surface area (Å²) in [5, 5.41) is 1.13. The highest BCUT2D eigenvalue weighted by Gasteiger charge is 2.31. The second kappa shape index (κ2) is 7.36. The summed E-state index contributed by atoms with van der Waals surface area (Å²) in [5.74, 6) is 1.09. The highest BCUT2D eigenvalue weighted by atomic mass is 35.5. The second-order valence-electron chi connectivity index (χ2n) is 6.03. The van der Waals surface area contributed by atoms with Gasteiger partial charge in [0, 0.05) is 43.6 Å². The summed E-state index contributed by atoms with van der Waals surface area (Å²) in [7, 11) is -3.67. The van der Waals surface area contributed by atoms with Gasteiger partial charge in [0.2, 0.25) is 15.2 Å². The number of benzene rings is 1. The lowest BCUT2D eigenvalue weighted by molar-refractivity contribution is 0.384. The molecule has 0 amide bonds. The van der Waals surface area contributed by atoms with E-state index in [-0.39, 0.29) is 20.9 Å². The molecule has 1 aromatic heterocycles. The standard InChI is InChI=1S/C15H18Cl2N4O2S2/c1-10(2)14-18-15(24-19-14)20-6-8-21(9-7-20)25(22,23)12-5-3-4-11(16)13(12)17/h3-5,10H,6-9H2,1-2H3. The first-order chi connectivity index (χ1) is 11.8. The fourth-order valence-corrected chi connectivity index (χ4v) is 5.55. The molecule has 1 aliphatic rings. The van der Waals surface area contributed by atoms with E-state index in [0.717, 1.165) is 11.0 Å². The van der Waals surface area contributed by atoms with Crippen LogP contribution in [0.15, 0.2) is 23.1 Å². The normalized spacial score (nSPS) is 16.6. The predicted octanol–water partition coefficient (Wildman–Crippen LogP) is 3.48. The number of nitrogens with zero attached hydrogens (tertiary/aromatic N) is 4. The highest BCUT2D eigenvalue weighted by molar-refractivity contribution is 7.89. The molecule has 0 saturated carbocycles. The summed E-state index contributed by atoms with van der Waals surface area (Å²) < 4.78 is 31.5. The monoisotopic (exact) mass is 420 g/mol. The van der Waals surface area contributed by atoms with Crippen LogP contribution in [0.1, 0.15) is 25.6 Å². The summed E-state index contributed by atoms with van der Waals surface area (Å²) in [6.45, 7) is 5.94. The fraction of sp³-hybridized carbons (Fsp3) is 0.467. The van der Waals surface area contributed by atoms with E-state index >= 15 is 0 Å². The molecular weight excluding hydrogens is 403 g/mol. The third-order valence-corrected chi connectivity index (χ3v) is 7.65. The number of anilines is 1. The summed E-state index contributed by atoms with van der Waals surface area (Å²) >= 11 is 13.4. The molecule has 2 aromatic rings. The van der Waals surface area contributed by atoms with E-state index in [9.17, 15) is 8.42 Å². The lowest BCUT2D eigenvalue weighted by Gasteiger charge is -2.33. The molecule has 0 radical (unpaired) electrons. The van der Waals surface area contributed by atoms with Gasteiger partial charge in [0.15, 0.2) is 0 Å². The third-order valence-electron chi connectivity index (χ3n) is 3.99. The number of aromatic nitrogens is 2. The summed E-state index contributed by atoms with van der Waals surface area (Å²) in [6.07, 6.45) is 0. The molecule has 0 spiro atoms. The van der Waals surface area contributed by atoms with Crippen molar-refractivity contribution in [3.8, 4) is 0 Å². The summed E-state index contributed by atoms with van der Waals surface area (Å²) in [4.78, 5) is 6.65. The van der Waals surface area contributed by atoms with E-state index in [1.807, 2.05) is 13.8 Å². The minimum Gasteiger partial charge on any atom is -0.344 e. The molecule has 0 bridgehead atoms. The van der Waals surface area contributed by atoms with Gasteiger partial charge in [-0.25, -0.2) is 13.4 Å². The Labute approximate surface area is 161 Å². The summed E-state index contributed by atoms with van der Waals surface area (Å²) in [6, 6.07) is 4.64. The van der Waals surface area contributed by atoms with Crippen molar-refractivity contribution in [3.63, 3.8) is 0 Å². The fourth-order valence-electron chi connectivity index (χ4n) is 2.53. The van der Waals surface area contributed by atoms with Gasteiger partial charge in [0.1, 0.15) is 10.7 Å². The van der Waals surface area contributed by atoms with Crippen LogP contribution < -0.4 is 4.90 Å². The van der Waals surface area contributed by atoms with Crippen LogP contribution in [0.25, 0.3) is 0 Å². The van der Waals surface area contributed by atoms with Gasteiger partial charge in [-0.1, -0.05) is 43.1 Å². The van der Waals surface area contributed by atoms with Gasteiger partial charge in [-0.05, 0) is 12.1 Å². The van der Waals surface area contributed by atoms with Crippen molar-refractivity contribution in [1.82, 2.24) is 13.7 Å². The van der Waals surface area contributed by atoms with Crippen molar-refractivity contribution in [2.45, 2.75) is 24.7 Å². The lowest BCUT2D eigenvalue weighted by atomic mass is 10.2. The van der Waals surface area contributed by atoms with Gasteiger partial charge in [-0.15, -0.1) is 0 Å². The van der Waals surface area contributed by atoms with Crippen molar-refractivity contribution in [3.05, 3.63) is 34.1 Å². The van der Waals surface area contributed by atoms with E-state index in [2.05, 4.69) is 14.3 Å². The predicted molar refractivity (Wildman–Crippen MR) is 101 cm³/mol. The highest BCUT2D eigenvalue weighted by Crippen LogP contribution is 2.31. The molecule has 0 unspecified atom stereocenters. The van der Waals surface area contributed by atoms with Crippen LogP contribution in [-0.2, 0) is 10.0 Å². The van der Waals surface area contributed by atoms with E-state index in [1.54, 1.807) is 12.1 Å². The number of hydrogen-bond acceptors (Lipinski definition) is 6. The van der Waals surface area contributed by atoms with Crippen LogP contribution in [0, 0.1) is 0 Å². The number of hydrogen-bond donors (Lipinski definition) is 0. The van der Waals surface area contributed by atoms with Crippen LogP contribution in [0.2, 0.25) is 10.0 Å². The zero-order valence-electron chi connectivity index (χ0n) is 13.8. The second-order valence-corrected chi connectivity index (χ2v) is 9.45. The van der Waals surface area contributed by atoms with Crippen LogP contribution in [0.4, 0.5) is 5.13 Å². The van der Waals surface area contributed by atoms with Gasteiger partial charge in [-0.3, -0.25) is 0 Å². The summed E-state index contributed by atoms with van der Waals surface area (Å²) in [5.41, 5.74) is 0. The number of rotatable bonds is 4. The van der Waals surface area contributed by atoms with E-state index in [0.29, 0.717) is 26.2 Å². The zero-order valence-corrected chi connectivity index (χ0v) is 17.0. The molecule has 25 heavy (non-hydrogen) atoms. The van der Waals surface area contributed by atoms with Crippen molar-refractivity contribution in [2.24, 2.45) is 0 Å². The Balaban J connectivity index is 1.74. The zero-order chi connectivity index (χ0) is 18.2. The SMILES string of the molecule is CC(C)c1nsc(N2CCN(S(=O)(=O)c3cccc(Cl)c3Cl)CC2)n1. The first-order valence-corrected chi connectivity index (χ1v) is 10.8. The molecule has 6 nitrogen and oxygen atoms in total. The number of piperazine rings is 1. The molecule has 3 rings (SSSR count). The molecule has 136 valence electrons. The number of halogens is 2. The smallest absolute Gasteiger partial charge is 0.244 e. The minimum atomic E-state index is -3.67. The van der Waals surface area contributed by atoms with Crippen molar-refractivity contribution < 1.29 is 8.42 Å². The van der Waals surface area contributed by atoms with E-state index < -0.39 is 10.0 Å². The first kappa shape index (κ1) is 18.8. The largest absolute Gasteiger partial charge is 0.344 e. The molecule has 0 aliphatic carbocycles. The van der Waals surface area contributed by atoms with Gasteiger partial charge < -0.3 is 4.90 Å².